The number of methoxy groups -OCH3 is 1. The number of carbonyl (C=O) groups is 2. The first-order valence-electron chi connectivity index (χ1n) is 10.5. The normalized spacial score (nSPS) is 16.0. The number of ketones is 1. The number of amides is 1. The van der Waals surface area contributed by atoms with Crippen molar-refractivity contribution in [1.82, 2.24) is 9.21 Å². The number of benzene rings is 2. The molecular weight excluding hydrogens is 464 g/mol. The zero-order valence-corrected chi connectivity index (χ0v) is 19.9. The molecule has 12 heteroatoms. The lowest BCUT2D eigenvalue weighted by Crippen LogP contribution is -2.53. The molecule has 182 valence electrons. The minimum Gasteiger partial charge on any atom is -0.490 e. The zero-order valence-electron chi connectivity index (χ0n) is 19.1. The van der Waals surface area contributed by atoms with Gasteiger partial charge in [0, 0.05) is 43.5 Å². The molecular formula is C22H26N4O7S. The second-order valence-corrected chi connectivity index (χ2v) is 9.77. The molecule has 1 fully saturated rings. The molecule has 1 unspecified atom stereocenters. The van der Waals surface area contributed by atoms with E-state index in [1.165, 1.54) is 30.5 Å². The van der Waals surface area contributed by atoms with E-state index in [0.717, 1.165) is 6.07 Å². The van der Waals surface area contributed by atoms with Crippen LogP contribution in [0.5, 0.6) is 5.75 Å². The van der Waals surface area contributed by atoms with E-state index < -0.39 is 26.7 Å². The van der Waals surface area contributed by atoms with Crippen LogP contribution in [-0.2, 0) is 14.8 Å². The molecule has 0 saturated carbocycles. The van der Waals surface area contributed by atoms with Gasteiger partial charge in [-0.25, -0.2) is 8.42 Å². The number of nitro benzene ring substituents is 1. The van der Waals surface area contributed by atoms with Gasteiger partial charge in [-0.05, 0) is 50.2 Å². The molecule has 1 saturated heterocycles. The molecule has 1 heterocycles. The average molecular weight is 491 g/mol. The van der Waals surface area contributed by atoms with Crippen LogP contribution in [0.15, 0.2) is 47.4 Å². The van der Waals surface area contributed by atoms with Crippen LogP contribution >= 0.6 is 0 Å². The second kappa shape index (κ2) is 10.3. The number of piperazine rings is 1. The lowest BCUT2D eigenvalue weighted by molar-refractivity contribution is -0.386. The minimum absolute atomic E-state index is 0.0236. The summed E-state index contributed by atoms with van der Waals surface area (Å²) in [6, 6.07) is 9.59. The standard InChI is InChI=1S/C22H26N4O7S/c1-15(22(28)23-18-6-4-17(5-7-18)16(2)27)24-10-12-25(13-11-24)34(31,32)19-8-9-21(33-3)20(14-19)26(29)30/h4-9,14-15H,10-13H2,1-3H3,(H,23,28). The number of nitrogens with one attached hydrogen (secondary N) is 1. The highest BCUT2D eigenvalue weighted by atomic mass is 32.2. The molecule has 1 N–H and O–H groups in total. The first kappa shape index (κ1) is 25.3. The number of carbonyl (C=O) groups excluding carboxylic acids is 2. The summed E-state index contributed by atoms with van der Waals surface area (Å²) in [4.78, 5) is 36.3. The predicted octanol–water partition coefficient (Wildman–Crippen LogP) is 2.14. The summed E-state index contributed by atoms with van der Waals surface area (Å²) in [5, 5.41) is 14.1. The average Bonchev–Trinajstić information content (AvgIpc) is 2.83. The van der Waals surface area contributed by atoms with E-state index in [4.69, 9.17) is 4.74 Å². The maximum absolute atomic E-state index is 13.0. The quantitative estimate of drug-likeness (QED) is 0.337. The molecule has 1 atom stereocenters. The molecule has 1 amide bonds. The van der Waals surface area contributed by atoms with Gasteiger partial charge in [0.05, 0.1) is 23.0 Å². The van der Waals surface area contributed by atoms with Crippen molar-refractivity contribution in [1.29, 1.82) is 0 Å². The first-order chi connectivity index (χ1) is 16.0. The van der Waals surface area contributed by atoms with Gasteiger partial charge in [0.15, 0.2) is 11.5 Å². The van der Waals surface area contributed by atoms with Gasteiger partial charge in [0.2, 0.25) is 15.9 Å². The van der Waals surface area contributed by atoms with E-state index in [1.54, 1.807) is 31.2 Å². The van der Waals surface area contributed by atoms with Crippen molar-refractivity contribution in [3.63, 3.8) is 0 Å². The highest BCUT2D eigenvalue weighted by Crippen LogP contribution is 2.31. The Morgan fingerprint density at radius 1 is 1.09 bits per heavy atom. The number of nitrogens with zero attached hydrogens (tertiary/aromatic N) is 3. The summed E-state index contributed by atoms with van der Waals surface area (Å²) in [5.74, 6) is -0.342. The Kier molecular flexibility index (Phi) is 7.64. The van der Waals surface area contributed by atoms with Crippen molar-refractivity contribution in [2.24, 2.45) is 0 Å². The van der Waals surface area contributed by atoms with Crippen LogP contribution in [0.4, 0.5) is 11.4 Å². The molecule has 0 bridgehead atoms. The molecule has 2 aromatic rings. The van der Waals surface area contributed by atoms with E-state index in [2.05, 4.69) is 5.32 Å². The zero-order chi connectivity index (χ0) is 25.0. The van der Waals surface area contributed by atoms with Gasteiger partial charge < -0.3 is 10.1 Å². The number of ether oxygens (including phenoxy) is 1. The van der Waals surface area contributed by atoms with Crippen molar-refractivity contribution >= 4 is 33.1 Å². The fourth-order valence-corrected chi connectivity index (χ4v) is 5.10. The SMILES string of the molecule is COc1ccc(S(=O)(=O)N2CCN(C(C)C(=O)Nc3ccc(C(C)=O)cc3)CC2)cc1[N+](=O)[O-]. The Morgan fingerprint density at radius 3 is 2.24 bits per heavy atom. The summed E-state index contributed by atoms with van der Waals surface area (Å²) >= 11 is 0. The summed E-state index contributed by atoms with van der Waals surface area (Å²) in [7, 11) is -2.68. The van der Waals surface area contributed by atoms with Gasteiger partial charge in [-0.2, -0.15) is 4.31 Å². The van der Waals surface area contributed by atoms with Crippen LogP contribution < -0.4 is 10.1 Å². The van der Waals surface area contributed by atoms with Crippen molar-refractivity contribution in [3.05, 3.63) is 58.1 Å². The van der Waals surface area contributed by atoms with Crippen LogP contribution in [0.25, 0.3) is 0 Å². The molecule has 0 aromatic heterocycles. The van der Waals surface area contributed by atoms with E-state index in [1.807, 2.05) is 4.90 Å². The van der Waals surface area contributed by atoms with Gasteiger partial charge in [0.25, 0.3) is 0 Å². The van der Waals surface area contributed by atoms with Gasteiger partial charge >= 0.3 is 5.69 Å². The van der Waals surface area contributed by atoms with Gasteiger partial charge in [0.1, 0.15) is 0 Å². The Labute approximate surface area is 197 Å². The van der Waals surface area contributed by atoms with Crippen molar-refractivity contribution in [3.8, 4) is 5.75 Å². The number of Topliss-reactive ketones (excluding diaryl/α,β-unsaturated/α-hetero) is 1. The molecule has 1 aliphatic rings. The van der Waals surface area contributed by atoms with Crippen LogP contribution in [0.2, 0.25) is 0 Å². The minimum atomic E-state index is -3.95. The van der Waals surface area contributed by atoms with Crippen LogP contribution in [-0.4, -0.2) is 73.6 Å². The summed E-state index contributed by atoms with van der Waals surface area (Å²) in [5.41, 5.74) is 0.679. The van der Waals surface area contributed by atoms with E-state index in [9.17, 15) is 28.1 Å². The number of sulfonamides is 1. The summed E-state index contributed by atoms with van der Waals surface area (Å²) in [6.45, 7) is 4.09. The molecule has 1 aliphatic heterocycles. The third kappa shape index (κ3) is 5.41. The van der Waals surface area contributed by atoms with E-state index in [-0.39, 0.29) is 35.4 Å². The molecule has 0 radical (unpaired) electrons. The Bertz CT molecular complexity index is 1190. The van der Waals surface area contributed by atoms with Crippen molar-refractivity contribution < 1.29 is 27.7 Å². The smallest absolute Gasteiger partial charge is 0.312 e. The lowest BCUT2D eigenvalue weighted by Gasteiger charge is -2.36. The van der Waals surface area contributed by atoms with Gasteiger partial charge in [-0.15, -0.1) is 0 Å². The molecule has 0 spiro atoms. The van der Waals surface area contributed by atoms with Gasteiger partial charge in [-0.3, -0.25) is 24.6 Å². The maximum atomic E-state index is 13.0. The summed E-state index contributed by atoms with van der Waals surface area (Å²) in [6.07, 6.45) is 0. The summed E-state index contributed by atoms with van der Waals surface area (Å²) < 4.78 is 32.2. The van der Waals surface area contributed by atoms with Crippen LogP contribution in [0, 0.1) is 10.1 Å². The number of nitro groups is 1. The van der Waals surface area contributed by atoms with E-state index >= 15 is 0 Å². The lowest BCUT2D eigenvalue weighted by atomic mass is 10.1. The monoisotopic (exact) mass is 490 g/mol. The molecule has 2 aromatic carbocycles. The van der Waals surface area contributed by atoms with Crippen LogP contribution in [0.3, 0.4) is 0 Å². The first-order valence-corrected chi connectivity index (χ1v) is 12.0. The fourth-order valence-electron chi connectivity index (χ4n) is 3.65. The third-order valence-corrected chi connectivity index (χ3v) is 7.64. The number of anilines is 1. The fraction of sp³-hybridized carbons (Fsp3) is 0.364. The second-order valence-electron chi connectivity index (χ2n) is 7.83. The Hall–Kier alpha value is -3.35. The number of hydrogen-bond acceptors (Lipinski definition) is 8. The highest BCUT2D eigenvalue weighted by Gasteiger charge is 2.33. The number of rotatable bonds is 8. The predicted molar refractivity (Wildman–Crippen MR) is 125 cm³/mol. The molecule has 11 nitrogen and oxygen atoms in total. The Morgan fingerprint density at radius 2 is 1.71 bits per heavy atom. The van der Waals surface area contributed by atoms with Crippen LogP contribution in [0.1, 0.15) is 24.2 Å². The Balaban J connectivity index is 1.63. The van der Waals surface area contributed by atoms with Gasteiger partial charge in [-0.1, -0.05) is 0 Å². The molecule has 34 heavy (non-hydrogen) atoms. The largest absolute Gasteiger partial charge is 0.490 e. The topological polar surface area (TPSA) is 139 Å². The van der Waals surface area contributed by atoms with Crippen molar-refractivity contribution in [2.45, 2.75) is 24.8 Å². The van der Waals surface area contributed by atoms with E-state index in [0.29, 0.717) is 24.3 Å². The third-order valence-electron chi connectivity index (χ3n) is 5.74. The number of hydrogen-bond donors (Lipinski definition) is 1. The maximum Gasteiger partial charge on any atom is 0.312 e. The highest BCUT2D eigenvalue weighted by molar-refractivity contribution is 7.89. The molecule has 0 aliphatic carbocycles. The molecule has 3 rings (SSSR count). The van der Waals surface area contributed by atoms with Crippen molar-refractivity contribution in [2.75, 3.05) is 38.6 Å².